The summed E-state index contributed by atoms with van der Waals surface area (Å²) in [6.07, 6.45) is 0. The number of hydrogen-bond donors (Lipinski definition) is 0. The molecule has 2 rings (SSSR count). The zero-order chi connectivity index (χ0) is 22.7. The van der Waals surface area contributed by atoms with E-state index in [9.17, 15) is 0 Å². The highest BCUT2D eigenvalue weighted by molar-refractivity contribution is 5.52. The van der Waals surface area contributed by atoms with Crippen LogP contribution in [0.5, 0.6) is 23.0 Å². The van der Waals surface area contributed by atoms with Crippen LogP contribution in [0.3, 0.4) is 0 Å². The monoisotopic (exact) mass is 336 g/mol. The molecule has 0 aliphatic heterocycles. The molecule has 0 radical (unpaired) electrons. The minimum atomic E-state index is -2.68. The van der Waals surface area contributed by atoms with E-state index < -0.39 is 20.0 Å². The summed E-state index contributed by atoms with van der Waals surface area (Å²) in [4.78, 5) is 0. The van der Waals surface area contributed by atoms with Crippen molar-refractivity contribution in [1.82, 2.24) is 0 Å². The summed E-state index contributed by atoms with van der Waals surface area (Å²) in [7, 11) is -2.24. The Balaban J connectivity index is 2.72. The van der Waals surface area contributed by atoms with Crippen LogP contribution in [0.2, 0.25) is 0 Å². The predicted octanol–water partition coefficient (Wildman–Crippen LogP) is 4.51. The van der Waals surface area contributed by atoms with Crippen molar-refractivity contribution in [1.29, 1.82) is 0 Å². The summed E-state index contributed by atoms with van der Waals surface area (Å²) < 4.78 is 65.7. The van der Waals surface area contributed by atoms with Crippen molar-refractivity contribution in [2.24, 2.45) is 5.92 Å². The summed E-state index contributed by atoms with van der Waals surface area (Å²) in [6.45, 7) is 3.92. The Morgan fingerprint density at radius 3 is 1.75 bits per heavy atom. The summed E-state index contributed by atoms with van der Waals surface area (Å²) in [6, 6.07) is 9.60. The predicted molar refractivity (Wildman–Crippen MR) is 95.8 cm³/mol. The fourth-order valence-corrected chi connectivity index (χ4v) is 2.89. The van der Waals surface area contributed by atoms with Gasteiger partial charge < -0.3 is 18.9 Å². The molecule has 0 aromatic heterocycles. The molecule has 4 nitrogen and oxygen atoms in total. The van der Waals surface area contributed by atoms with Gasteiger partial charge in [0.15, 0.2) is 0 Å². The molecule has 2 aromatic carbocycles. The van der Waals surface area contributed by atoms with Crippen molar-refractivity contribution < 1.29 is 27.2 Å². The topological polar surface area (TPSA) is 36.9 Å². The van der Waals surface area contributed by atoms with Crippen molar-refractivity contribution in [2.75, 3.05) is 28.3 Å². The summed E-state index contributed by atoms with van der Waals surface area (Å²) in [5.74, 6) is 0.938. The van der Waals surface area contributed by atoms with Gasteiger partial charge in [0.1, 0.15) is 23.0 Å². The van der Waals surface area contributed by atoms with Crippen LogP contribution in [-0.4, -0.2) is 28.3 Å². The van der Waals surface area contributed by atoms with Gasteiger partial charge in [0.25, 0.3) is 0 Å². The van der Waals surface area contributed by atoms with Gasteiger partial charge in [0, 0.05) is 17.0 Å². The van der Waals surface area contributed by atoms with E-state index >= 15 is 0 Å². The minimum Gasteiger partial charge on any atom is -0.497 e. The van der Waals surface area contributed by atoms with Crippen LogP contribution >= 0.6 is 0 Å². The SMILES string of the molecule is [2H]C([2H])([2H])Oc1ccc(OC([2H])([2H])[2H])c(C(c2cc(OC)ccc2OC)C(C)C)c1. The van der Waals surface area contributed by atoms with Gasteiger partial charge in [-0.3, -0.25) is 0 Å². The molecule has 0 bridgehead atoms. The Morgan fingerprint density at radius 2 is 1.29 bits per heavy atom. The third kappa shape index (κ3) is 3.58. The molecule has 0 amide bonds. The molecular formula is C20H26O4. The van der Waals surface area contributed by atoms with E-state index in [1.54, 1.807) is 25.3 Å². The van der Waals surface area contributed by atoms with Crippen LogP contribution in [-0.2, 0) is 0 Å². The number of hydrogen-bond acceptors (Lipinski definition) is 4. The highest BCUT2D eigenvalue weighted by Crippen LogP contribution is 2.43. The largest absolute Gasteiger partial charge is 0.497 e. The quantitative estimate of drug-likeness (QED) is 0.745. The van der Waals surface area contributed by atoms with Gasteiger partial charge in [0.05, 0.1) is 36.5 Å². The van der Waals surface area contributed by atoms with Crippen LogP contribution in [0.4, 0.5) is 0 Å². The Bertz CT molecular complexity index is 861. The second-order valence-electron chi connectivity index (χ2n) is 5.73. The van der Waals surface area contributed by atoms with Gasteiger partial charge in [0.2, 0.25) is 0 Å². The van der Waals surface area contributed by atoms with E-state index in [1.807, 2.05) is 13.8 Å². The van der Waals surface area contributed by atoms with Gasteiger partial charge in [-0.1, -0.05) is 13.8 Å². The van der Waals surface area contributed by atoms with Gasteiger partial charge in [-0.2, -0.15) is 0 Å². The number of methoxy groups -OCH3 is 4. The highest BCUT2D eigenvalue weighted by atomic mass is 16.5. The first-order valence-electron chi connectivity index (χ1n) is 10.6. The maximum absolute atomic E-state index is 7.50. The van der Waals surface area contributed by atoms with Crippen molar-refractivity contribution >= 4 is 0 Å². The summed E-state index contributed by atoms with van der Waals surface area (Å²) in [5.41, 5.74) is 1.21. The van der Waals surface area contributed by atoms with Gasteiger partial charge in [-0.05, 0) is 42.3 Å². The molecule has 24 heavy (non-hydrogen) atoms. The van der Waals surface area contributed by atoms with Crippen molar-refractivity contribution in [3.05, 3.63) is 47.5 Å². The molecule has 1 atom stereocenters. The lowest BCUT2D eigenvalue weighted by Crippen LogP contribution is -2.12. The smallest absolute Gasteiger partial charge is 0.122 e. The zero-order valence-electron chi connectivity index (χ0n) is 20.3. The molecule has 130 valence electrons. The minimum absolute atomic E-state index is 0.0343. The normalized spacial score (nSPS) is 16.7. The Morgan fingerprint density at radius 1 is 0.750 bits per heavy atom. The Labute approximate surface area is 152 Å². The molecule has 4 heteroatoms. The lowest BCUT2D eigenvalue weighted by atomic mass is 9.81. The molecule has 0 heterocycles. The average molecular weight is 336 g/mol. The molecule has 0 N–H and O–H groups in total. The maximum atomic E-state index is 7.50. The molecule has 1 unspecified atom stereocenters. The third-order valence-electron chi connectivity index (χ3n) is 3.98. The van der Waals surface area contributed by atoms with E-state index in [1.165, 1.54) is 25.3 Å². The molecule has 0 aliphatic carbocycles. The molecule has 0 aliphatic rings. The first-order chi connectivity index (χ1) is 13.8. The standard InChI is InChI=1S/C20H26O4/c1-13(2)20(16-11-14(21-3)7-9-18(16)23-5)17-12-15(22-4)8-10-19(17)24-6/h7-13,20H,1-6H3/i3D3,5D3. The number of rotatable bonds is 7. The van der Waals surface area contributed by atoms with Crippen LogP contribution in [0.1, 0.15) is 39.1 Å². The number of ether oxygens (including phenoxy) is 4. The van der Waals surface area contributed by atoms with E-state index in [4.69, 9.17) is 27.2 Å². The summed E-state index contributed by atoms with van der Waals surface area (Å²) >= 11 is 0. The third-order valence-corrected chi connectivity index (χ3v) is 3.98. The summed E-state index contributed by atoms with van der Waals surface area (Å²) in [5, 5.41) is 0. The van der Waals surface area contributed by atoms with E-state index in [0.717, 1.165) is 5.56 Å². The first kappa shape index (κ1) is 11.2. The maximum Gasteiger partial charge on any atom is 0.122 e. The second kappa shape index (κ2) is 7.95. The lowest BCUT2D eigenvalue weighted by Gasteiger charge is -2.26. The van der Waals surface area contributed by atoms with Gasteiger partial charge in [-0.15, -0.1) is 0 Å². The lowest BCUT2D eigenvalue weighted by molar-refractivity contribution is 0.380. The number of benzene rings is 2. The van der Waals surface area contributed by atoms with Crippen LogP contribution in [0.15, 0.2) is 36.4 Å². The van der Waals surface area contributed by atoms with Crippen LogP contribution < -0.4 is 18.9 Å². The fraction of sp³-hybridized carbons (Fsp3) is 0.400. The van der Waals surface area contributed by atoms with Gasteiger partial charge >= 0.3 is 0 Å². The van der Waals surface area contributed by atoms with Gasteiger partial charge in [-0.25, -0.2) is 0 Å². The molecule has 2 aromatic rings. The van der Waals surface area contributed by atoms with E-state index in [2.05, 4.69) is 0 Å². The van der Waals surface area contributed by atoms with E-state index in [0.29, 0.717) is 17.1 Å². The van der Waals surface area contributed by atoms with Crippen LogP contribution in [0, 0.1) is 5.92 Å². The molecule has 0 spiro atoms. The zero-order valence-corrected chi connectivity index (χ0v) is 14.3. The second-order valence-corrected chi connectivity index (χ2v) is 5.73. The Kier molecular flexibility index (Phi) is 3.72. The molecule has 0 saturated heterocycles. The average Bonchev–Trinajstić information content (AvgIpc) is 2.61. The highest BCUT2D eigenvalue weighted by Gasteiger charge is 2.26. The van der Waals surface area contributed by atoms with Crippen molar-refractivity contribution in [2.45, 2.75) is 19.8 Å². The van der Waals surface area contributed by atoms with Crippen molar-refractivity contribution in [3.63, 3.8) is 0 Å². The van der Waals surface area contributed by atoms with Crippen molar-refractivity contribution in [3.8, 4) is 23.0 Å². The van der Waals surface area contributed by atoms with Crippen LogP contribution in [0.25, 0.3) is 0 Å². The molecule has 0 saturated carbocycles. The van der Waals surface area contributed by atoms with E-state index in [-0.39, 0.29) is 17.4 Å². The first-order valence-corrected chi connectivity index (χ1v) is 7.58. The molecule has 0 fully saturated rings. The molecular weight excluding hydrogens is 304 g/mol. The Hall–Kier alpha value is -2.36. The fourth-order valence-electron chi connectivity index (χ4n) is 2.89.